The van der Waals surface area contributed by atoms with Gasteiger partial charge in [-0.2, -0.15) is 8.78 Å². The highest BCUT2D eigenvalue weighted by molar-refractivity contribution is 6.30. The van der Waals surface area contributed by atoms with Crippen LogP contribution in [-0.2, 0) is 4.74 Å². The van der Waals surface area contributed by atoms with E-state index < -0.39 is 6.61 Å². The van der Waals surface area contributed by atoms with Crippen molar-refractivity contribution in [2.45, 2.75) is 25.5 Å². The summed E-state index contributed by atoms with van der Waals surface area (Å²) in [7, 11) is 0. The molecular formula is C17H16ClF2N5O2. The summed E-state index contributed by atoms with van der Waals surface area (Å²) in [4.78, 5) is 4.15. The van der Waals surface area contributed by atoms with Gasteiger partial charge in [0.15, 0.2) is 0 Å². The monoisotopic (exact) mass is 395 g/mol. The fourth-order valence-electron chi connectivity index (χ4n) is 3.05. The molecule has 1 N–H and O–H groups in total. The molecule has 10 heteroatoms. The fourth-order valence-corrected chi connectivity index (χ4v) is 3.21. The Hall–Kier alpha value is -2.52. The first-order chi connectivity index (χ1) is 13.1. The number of halogens is 3. The molecule has 0 aliphatic carbocycles. The number of rotatable bonds is 5. The molecule has 27 heavy (non-hydrogen) atoms. The van der Waals surface area contributed by atoms with E-state index in [4.69, 9.17) is 16.3 Å². The fraction of sp³-hybridized carbons (Fsp3) is 0.353. The van der Waals surface area contributed by atoms with Gasteiger partial charge in [0, 0.05) is 17.2 Å². The Morgan fingerprint density at radius 3 is 3.00 bits per heavy atom. The third kappa shape index (κ3) is 3.79. The van der Waals surface area contributed by atoms with E-state index >= 15 is 0 Å². The summed E-state index contributed by atoms with van der Waals surface area (Å²) in [5.41, 5.74) is 1.32. The molecule has 142 valence electrons. The van der Waals surface area contributed by atoms with Crippen LogP contribution in [0.1, 0.15) is 12.8 Å². The summed E-state index contributed by atoms with van der Waals surface area (Å²) in [5.74, 6) is 0.434. The maximum atomic E-state index is 12.8. The van der Waals surface area contributed by atoms with Crippen molar-refractivity contribution in [3.63, 3.8) is 0 Å². The molecule has 1 aliphatic heterocycles. The Bertz CT molecular complexity index is 946. The second-order valence-electron chi connectivity index (χ2n) is 6.10. The quantitative estimate of drug-likeness (QED) is 0.711. The molecule has 4 rings (SSSR count). The van der Waals surface area contributed by atoms with Gasteiger partial charge in [0.2, 0.25) is 5.95 Å². The zero-order valence-electron chi connectivity index (χ0n) is 14.1. The van der Waals surface area contributed by atoms with E-state index in [0.29, 0.717) is 29.3 Å². The van der Waals surface area contributed by atoms with Crippen molar-refractivity contribution in [3.8, 4) is 17.0 Å². The number of hydrogen-bond donors (Lipinski definition) is 1. The van der Waals surface area contributed by atoms with Crippen molar-refractivity contribution in [2.24, 2.45) is 0 Å². The third-order valence-corrected chi connectivity index (χ3v) is 4.50. The zero-order chi connectivity index (χ0) is 18.8. The van der Waals surface area contributed by atoms with E-state index in [1.54, 1.807) is 29.1 Å². The Labute approximate surface area is 158 Å². The summed E-state index contributed by atoms with van der Waals surface area (Å²) in [6.07, 6.45) is 5.11. The molecule has 3 heterocycles. The van der Waals surface area contributed by atoms with Crippen molar-refractivity contribution in [3.05, 3.63) is 35.7 Å². The van der Waals surface area contributed by atoms with Gasteiger partial charge in [0.1, 0.15) is 17.8 Å². The Morgan fingerprint density at radius 1 is 1.33 bits per heavy atom. The van der Waals surface area contributed by atoms with Gasteiger partial charge in [0.25, 0.3) is 0 Å². The van der Waals surface area contributed by atoms with Crippen LogP contribution in [0.4, 0.5) is 14.7 Å². The van der Waals surface area contributed by atoms with Gasteiger partial charge < -0.3 is 14.8 Å². The minimum atomic E-state index is -2.98. The van der Waals surface area contributed by atoms with Crippen LogP contribution in [0.2, 0.25) is 5.02 Å². The molecule has 1 saturated heterocycles. The zero-order valence-corrected chi connectivity index (χ0v) is 14.9. The lowest BCUT2D eigenvalue weighted by Gasteiger charge is -2.23. The van der Waals surface area contributed by atoms with Crippen molar-refractivity contribution in [2.75, 3.05) is 18.5 Å². The molecule has 1 aliphatic rings. The predicted molar refractivity (Wildman–Crippen MR) is 95.3 cm³/mol. The highest BCUT2D eigenvalue weighted by Gasteiger charge is 2.20. The Balaban J connectivity index is 1.74. The molecular weight excluding hydrogens is 380 g/mol. The van der Waals surface area contributed by atoms with Crippen molar-refractivity contribution >= 4 is 23.1 Å². The SMILES string of the molecule is FC(F)Oc1cc(Cl)ccc1-c1nnc(N[C@@H]2CCCOC2)n2cncc12. The van der Waals surface area contributed by atoms with Gasteiger partial charge in [-0.1, -0.05) is 11.6 Å². The molecule has 0 spiro atoms. The molecule has 0 amide bonds. The van der Waals surface area contributed by atoms with Gasteiger partial charge in [-0.25, -0.2) is 4.98 Å². The predicted octanol–water partition coefficient (Wildman–Crippen LogP) is 3.64. The lowest BCUT2D eigenvalue weighted by molar-refractivity contribution is -0.0494. The van der Waals surface area contributed by atoms with E-state index in [1.165, 1.54) is 6.07 Å². The van der Waals surface area contributed by atoms with E-state index in [9.17, 15) is 8.78 Å². The van der Waals surface area contributed by atoms with E-state index in [-0.39, 0.29) is 16.8 Å². The first-order valence-corrected chi connectivity index (χ1v) is 8.77. The van der Waals surface area contributed by atoms with Crippen LogP contribution in [0.15, 0.2) is 30.7 Å². The minimum absolute atomic E-state index is 0.0729. The summed E-state index contributed by atoms with van der Waals surface area (Å²) in [6.45, 7) is -1.64. The van der Waals surface area contributed by atoms with Gasteiger partial charge in [-0.05, 0) is 31.0 Å². The molecule has 1 fully saturated rings. The second kappa shape index (κ2) is 7.61. The molecule has 0 unspecified atom stereocenters. The molecule has 0 bridgehead atoms. The van der Waals surface area contributed by atoms with Gasteiger partial charge >= 0.3 is 6.61 Å². The van der Waals surface area contributed by atoms with Crippen LogP contribution >= 0.6 is 11.6 Å². The molecule has 0 radical (unpaired) electrons. The minimum Gasteiger partial charge on any atom is -0.434 e. The number of aromatic nitrogens is 4. The topological polar surface area (TPSA) is 73.6 Å². The first-order valence-electron chi connectivity index (χ1n) is 8.39. The number of benzene rings is 1. The van der Waals surface area contributed by atoms with Gasteiger partial charge in [0.05, 0.1) is 24.4 Å². The summed E-state index contributed by atoms with van der Waals surface area (Å²) in [6, 6.07) is 4.59. The summed E-state index contributed by atoms with van der Waals surface area (Å²) < 4.78 is 37.4. The van der Waals surface area contributed by atoms with Crippen molar-refractivity contribution in [1.82, 2.24) is 19.6 Å². The average molecular weight is 396 g/mol. The molecule has 1 aromatic carbocycles. The smallest absolute Gasteiger partial charge is 0.387 e. The van der Waals surface area contributed by atoms with Crippen LogP contribution in [0.5, 0.6) is 5.75 Å². The summed E-state index contributed by atoms with van der Waals surface area (Å²) in [5, 5.41) is 12.0. The first kappa shape index (κ1) is 17.9. The lowest BCUT2D eigenvalue weighted by atomic mass is 10.1. The van der Waals surface area contributed by atoms with Crippen LogP contribution in [0.3, 0.4) is 0 Å². The van der Waals surface area contributed by atoms with E-state index in [2.05, 4.69) is 25.2 Å². The van der Waals surface area contributed by atoms with E-state index in [0.717, 1.165) is 19.4 Å². The highest BCUT2D eigenvalue weighted by atomic mass is 35.5. The maximum absolute atomic E-state index is 12.8. The normalized spacial score (nSPS) is 17.4. The van der Waals surface area contributed by atoms with Crippen molar-refractivity contribution < 1.29 is 18.3 Å². The van der Waals surface area contributed by atoms with Gasteiger partial charge in [-0.3, -0.25) is 4.40 Å². The van der Waals surface area contributed by atoms with Gasteiger partial charge in [-0.15, -0.1) is 10.2 Å². The Kier molecular flexibility index (Phi) is 5.04. The number of alkyl halides is 2. The molecule has 2 aromatic heterocycles. The van der Waals surface area contributed by atoms with Crippen molar-refractivity contribution in [1.29, 1.82) is 0 Å². The van der Waals surface area contributed by atoms with Crippen LogP contribution in [0.25, 0.3) is 16.8 Å². The number of imidazole rings is 1. The third-order valence-electron chi connectivity index (χ3n) is 4.26. The number of ether oxygens (including phenoxy) is 2. The van der Waals surface area contributed by atoms with Crippen LogP contribution in [-0.4, -0.2) is 45.4 Å². The number of hydrogen-bond acceptors (Lipinski definition) is 6. The molecule has 1 atom stereocenters. The molecule has 0 saturated carbocycles. The molecule has 7 nitrogen and oxygen atoms in total. The number of nitrogens with zero attached hydrogens (tertiary/aromatic N) is 4. The standard InChI is InChI=1S/C17H16ClF2N5O2/c18-10-3-4-12(14(6-10)27-16(19)20)15-13-7-21-9-25(13)17(24-23-15)22-11-2-1-5-26-8-11/h3-4,6-7,9,11,16H,1-2,5,8H2,(H,22,24)/t11-/m1/s1. The number of anilines is 1. The average Bonchev–Trinajstić information content (AvgIpc) is 3.13. The maximum Gasteiger partial charge on any atom is 0.387 e. The van der Waals surface area contributed by atoms with E-state index in [1.807, 2.05) is 0 Å². The number of fused-ring (bicyclic) bond motifs is 1. The largest absolute Gasteiger partial charge is 0.434 e. The van der Waals surface area contributed by atoms with Crippen LogP contribution < -0.4 is 10.1 Å². The number of nitrogens with one attached hydrogen (secondary N) is 1. The second-order valence-corrected chi connectivity index (χ2v) is 6.53. The summed E-state index contributed by atoms with van der Waals surface area (Å²) >= 11 is 5.92. The highest BCUT2D eigenvalue weighted by Crippen LogP contribution is 2.35. The molecule has 3 aromatic rings. The van der Waals surface area contributed by atoms with Crippen LogP contribution in [0, 0.1) is 0 Å². The lowest BCUT2D eigenvalue weighted by Crippen LogP contribution is -2.31. The Morgan fingerprint density at radius 2 is 2.22 bits per heavy atom.